The number of hydrogen-bond donors (Lipinski definition) is 3. The van der Waals surface area contributed by atoms with Gasteiger partial charge in [0.05, 0.1) is 12.5 Å². The highest BCUT2D eigenvalue weighted by atomic mass is 19.1. The van der Waals surface area contributed by atoms with Crippen molar-refractivity contribution in [2.75, 3.05) is 6.54 Å². The van der Waals surface area contributed by atoms with Crippen molar-refractivity contribution in [2.45, 2.75) is 39.3 Å². The van der Waals surface area contributed by atoms with Crippen LogP contribution in [0.5, 0.6) is 0 Å². The average Bonchev–Trinajstić information content (AvgIpc) is 2.36. The highest BCUT2D eigenvalue weighted by molar-refractivity contribution is 5.66. The predicted molar refractivity (Wildman–Crippen MR) is 75.0 cm³/mol. The van der Waals surface area contributed by atoms with E-state index in [1.54, 1.807) is 19.1 Å². The molecule has 4 nitrogen and oxygen atoms in total. The van der Waals surface area contributed by atoms with Crippen LogP contribution >= 0.6 is 0 Å². The Kier molecular flexibility index (Phi) is 6.10. The van der Waals surface area contributed by atoms with Gasteiger partial charge in [-0.15, -0.1) is 0 Å². The normalized spacial score (nSPS) is 14.3. The fourth-order valence-corrected chi connectivity index (χ4v) is 2.12. The Hall–Kier alpha value is -1.46. The Balaban J connectivity index is 2.79. The molecule has 0 fully saturated rings. The van der Waals surface area contributed by atoms with Crippen molar-refractivity contribution < 1.29 is 19.4 Å². The van der Waals surface area contributed by atoms with Gasteiger partial charge in [0, 0.05) is 12.6 Å². The van der Waals surface area contributed by atoms with E-state index >= 15 is 0 Å². The number of benzene rings is 1. The highest BCUT2D eigenvalue weighted by Crippen LogP contribution is 2.23. The predicted octanol–water partition coefficient (Wildman–Crippen LogP) is 2.26. The molecule has 5 heteroatoms. The van der Waals surface area contributed by atoms with Gasteiger partial charge in [-0.05, 0) is 30.0 Å². The number of carboxylic acids is 1. The summed E-state index contributed by atoms with van der Waals surface area (Å²) in [6, 6.07) is 4.23. The van der Waals surface area contributed by atoms with Gasteiger partial charge < -0.3 is 15.5 Å². The SMILES string of the molecule is Cc1cc(C(O)C(NCCC(=O)O)C(C)C)ccc1F. The number of rotatable bonds is 7. The van der Waals surface area contributed by atoms with Gasteiger partial charge in [-0.2, -0.15) is 0 Å². The first-order valence-electron chi connectivity index (χ1n) is 6.72. The molecule has 0 saturated carbocycles. The van der Waals surface area contributed by atoms with Gasteiger partial charge in [0.25, 0.3) is 0 Å². The molecule has 0 aromatic heterocycles. The van der Waals surface area contributed by atoms with Crippen molar-refractivity contribution in [1.82, 2.24) is 5.32 Å². The van der Waals surface area contributed by atoms with Gasteiger partial charge in [-0.25, -0.2) is 4.39 Å². The van der Waals surface area contributed by atoms with Crippen molar-refractivity contribution >= 4 is 5.97 Å². The van der Waals surface area contributed by atoms with Crippen LogP contribution in [0.1, 0.15) is 37.5 Å². The molecule has 0 bridgehead atoms. The van der Waals surface area contributed by atoms with E-state index in [2.05, 4.69) is 5.32 Å². The van der Waals surface area contributed by atoms with Crippen LogP contribution in [0.3, 0.4) is 0 Å². The van der Waals surface area contributed by atoms with Crippen LogP contribution in [-0.2, 0) is 4.79 Å². The molecule has 0 saturated heterocycles. The second-order valence-electron chi connectivity index (χ2n) is 5.32. The molecule has 0 aliphatic carbocycles. The molecular formula is C15H22FNO3. The number of halogens is 1. The molecule has 0 spiro atoms. The van der Waals surface area contributed by atoms with Gasteiger partial charge in [0.2, 0.25) is 0 Å². The standard InChI is InChI=1S/C15H22FNO3/c1-9(2)14(17-7-6-13(18)19)15(20)11-4-5-12(16)10(3)8-11/h4-5,8-9,14-15,17,20H,6-7H2,1-3H3,(H,18,19). The Bertz CT molecular complexity index is 462. The Labute approximate surface area is 118 Å². The van der Waals surface area contributed by atoms with Crippen LogP contribution in [0.15, 0.2) is 18.2 Å². The third-order valence-corrected chi connectivity index (χ3v) is 3.30. The summed E-state index contributed by atoms with van der Waals surface area (Å²) in [5.41, 5.74) is 1.11. The molecular weight excluding hydrogens is 261 g/mol. The highest BCUT2D eigenvalue weighted by Gasteiger charge is 2.24. The van der Waals surface area contributed by atoms with E-state index in [-0.39, 0.29) is 30.7 Å². The number of aryl methyl sites for hydroxylation is 1. The maximum absolute atomic E-state index is 13.3. The summed E-state index contributed by atoms with van der Waals surface area (Å²) in [5.74, 6) is -1.07. The fourth-order valence-electron chi connectivity index (χ4n) is 2.12. The minimum atomic E-state index is -0.882. The van der Waals surface area contributed by atoms with Crippen molar-refractivity contribution in [2.24, 2.45) is 5.92 Å². The molecule has 112 valence electrons. The molecule has 0 heterocycles. The molecule has 2 atom stereocenters. The first kappa shape index (κ1) is 16.6. The van der Waals surface area contributed by atoms with E-state index in [0.717, 1.165) is 0 Å². The number of carbonyl (C=O) groups is 1. The quantitative estimate of drug-likeness (QED) is 0.718. The lowest BCUT2D eigenvalue weighted by molar-refractivity contribution is -0.136. The number of nitrogens with one attached hydrogen (secondary N) is 1. The minimum Gasteiger partial charge on any atom is -0.481 e. The summed E-state index contributed by atoms with van der Waals surface area (Å²) >= 11 is 0. The van der Waals surface area contributed by atoms with Crippen LogP contribution < -0.4 is 5.32 Å². The molecule has 1 rings (SSSR count). The van der Waals surface area contributed by atoms with Gasteiger partial charge in [-0.1, -0.05) is 26.0 Å². The van der Waals surface area contributed by atoms with E-state index in [9.17, 15) is 14.3 Å². The van der Waals surface area contributed by atoms with Crippen molar-refractivity contribution in [3.05, 3.63) is 35.1 Å². The first-order chi connectivity index (χ1) is 9.32. The first-order valence-corrected chi connectivity index (χ1v) is 6.72. The summed E-state index contributed by atoms with van der Waals surface area (Å²) in [4.78, 5) is 10.5. The van der Waals surface area contributed by atoms with E-state index in [1.807, 2.05) is 13.8 Å². The largest absolute Gasteiger partial charge is 0.481 e. The molecule has 0 aliphatic rings. The van der Waals surface area contributed by atoms with Gasteiger partial charge in [0.1, 0.15) is 5.82 Å². The summed E-state index contributed by atoms with van der Waals surface area (Å²) in [7, 11) is 0. The Morgan fingerprint density at radius 1 is 1.40 bits per heavy atom. The average molecular weight is 283 g/mol. The van der Waals surface area contributed by atoms with E-state index in [4.69, 9.17) is 5.11 Å². The fraction of sp³-hybridized carbons (Fsp3) is 0.533. The lowest BCUT2D eigenvalue weighted by Gasteiger charge is -2.28. The van der Waals surface area contributed by atoms with Crippen LogP contribution in [0.2, 0.25) is 0 Å². The molecule has 2 unspecified atom stereocenters. The van der Waals surface area contributed by atoms with Gasteiger partial charge in [-0.3, -0.25) is 4.79 Å². The lowest BCUT2D eigenvalue weighted by Crippen LogP contribution is -2.40. The summed E-state index contributed by atoms with van der Waals surface area (Å²) in [5, 5.41) is 22.1. The molecule has 0 radical (unpaired) electrons. The molecule has 20 heavy (non-hydrogen) atoms. The van der Waals surface area contributed by atoms with Crippen LogP contribution in [-0.4, -0.2) is 28.8 Å². The third-order valence-electron chi connectivity index (χ3n) is 3.30. The van der Waals surface area contributed by atoms with Crippen LogP contribution in [0.25, 0.3) is 0 Å². The molecule has 3 N–H and O–H groups in total. The minimum absolute atomic E-state index is 0.00160. The molecule has 1 aromatic rings. The molecule has 0 aliphatic heterocycles. The maximum atomic E-state index is 13.3. The van der Waals surface area contributed by atoms with Crippen LogP contribution in [0, 0.1) is 18.7 Å². The van der Waals surface area contributed by atoms with E-state index in [1.165, 1.54) is 6.07 Å². The van der Waals surface area contributed by atoms with Crippen molar-refractivity contribution in [1.29, 1.82) is 0 Å². The Morgan fingerprint density at radius 2 is 2.05 bits per heavy atom. The molecule has 1 aromatic carbocycles. The van der Waals surface area contributed by atoms with Crippen molar-refractivity contribution in [3.8, 4) is 0 Å². The van der Waals surface area contributed by atoms with Crippen LogP contribution in [0.4, 0.5) is 4.39 Å². The summed E-state index contributed by atoms with van der Waals surface area (Å²) < 4.78 is 13.3. The van der Waals surface area contributed by atoms with E-state index in [0.29, 0.717) is 11.1 Å². The second-order valence-corrected chi connectivity index (χ2v) is 5.32. The van der Waals surface area contributed by atoms with Crippen molar-refractivity contribution in [3.63, 3.8) is 0 Å². The van der Waals surface area contributed by atoms with E-state index < -0.39 is 12.1 Å². The maximum Gasteiger partial charge on any atom is 0.304 e. The number of hydrogen-bond acceptors (Lipinski definition) is 3. The number of aliphatic hydroxyl groups excluding tert-OH is 1. The molecule has 0 amide bonds. The monoisotopic (exact) mass is 283 g/mol. The van der Waals surface area contributed by atoms with Gasteiger partial charge in [0.15, 0.2) is 0 Å². The topological polar surface area (TPSA) is 69.6 Å². The smallest absolute Gasteiger partial charge is 0.304 e. The number of carboxylic acid groups (broad SMARTS) is 1. The number of aliphatic hydroxyl groups is 1. The Morgan fingerprint density at radius 3 is 2.55 bits per heavy atom. The summed E-state index contributed by atoms with van der Waals surface area (Å²) in [6.45, 7) is 5.82. The summed E-state index contributed by atoms with van der Waals surface area (Å²) in [6.07, 6.45) is -0.804. The second kappa shape index (κ2) is 7.36. The number of aliphatic carboxylic acids is 1. The third kappa shape index (κ3) is 4.58. The zero-order valence-electron chi connectivity index (χ0n) is 12.1. The zero-order chi connectivity index (χ0) is 15.3. The lowest BCUT2D eigenvalue weighted by atomic mass is 9.92. The zero-order valence-corrected chi connectivity index (χ0v) is 12.1. The van der Waals surface area contributed by atoms with Gasteiger partial charge >= 0.3 is 5.97 Å².